The molecule has 0 aromatic carbocycles. The van der Waals surface area contributed by atoms with Gasteiger partial charge in [0.15, 0.2) is 0 Å². The summed E-state index contributed by atoms with van der Waals surface area (Å²) < 4.78 is 37.8. The first-order valence-electron chi connectivity index (χ1n) is 6.95. The molecule has 0 radical (unpaired) electrons. The van der Waals surface area contributed by atoms with Gasteiger partial charge in [0.25, 0.3) is 0 Å². The van der Waals surface area contributed by atoms with E-state index in [1.54, 1.807) is 0 Å². The zero-order chi connectivity index (χ0) is 15.3. The summed E-state index contributed by atoms with van der Waals surface area (Å²) in [6.07, 6.45) is -1.27. The molecule has 2 rings (SSSR count). The monoisotopic (exact) mass is 298 g/mol. The van der Waals surface area contributed by atoms with E-state index in [9.17, 15) is 13.2 Å². The summed E-state index contributed by atoms with van der Waals surface area (Å²) in [5.41, 5.74) is -0.854. The van der Waals surface area contributed by atoms with Gasteiger partial charge in [0.1, 0.15) is 17.6 Å². The second kappa shape index (κ2) is 6.76. The van der Waals surface area contributed by atoms with Gasteiger partial charge in [0.05, 0.1) is 5.56 Å². The van der Waals surface area contributed by atoms with Gasteiger partial charge >= 0.3 is 6.18 Å². The quantitative estimate of drug-likeness (QED) is 0.849. The van der Waals surface area contributed by atoms with E-state index in [0.29, 0.717) is 6.54 Å². The van der Waals surface area contributed by atoms with Gasteiger partial charge in [-0.05, 0) is 51.0 Å². The lowest BCUT2D eigenvalue weighted by atomic mass is 10.2. The Kier molecular flexibility index (Phi) is 5.02. The lowest BCUT2D eigenvalue weighted by Gasteiger charge is -2.15. The lowest BCUT2D eigenvalue weighted by Crippen LogP contribution is -2.22. The molecule has 2 heterocycles. The van der Waals surface area contributed by atoms with Gasteiger partial charge in [-0.15, -0.1) is 0 Å². The summed E-state index contributed by atoms with van der Waals surface area (Å²) >= 11 is 0. The van der Waals surface area contributed by atoms with Crippen molar-refractivity contribution in [1.82, 2.24) is 9.88 Å². The van der Waals surface area contributed by atoms with Gasteiger partial charge in [0.2, 0.25) is 0 Å². The van der Waals surface area contributed by atoms with E-state index in [4.69, 9.17) is 5.26 Å². The number of nitrogens with one attached hydrogen (secondary N) is 1. The van der Waals surface area contributed by atoms with Crippen molar-refractivity contribution in [2.75, 3.05) is 31.5 Å². The molecule has 114 valence electrons. The Bertz CT molecular complexity index is 516. The van der Waals surface area contributed by atoms with Crippen LogP contribution < -0.4 is 5.32 Å². The fourth-order valence-electron chi connectivity index (χ4n) is 2.36. The SMILES string of the molecule is N#Cc1ccc(C(F)(F)F)nc1NCCCN1CCCC1. The van der Waals surface area contributed by atoms with Gasteiger partial charge in [-0.25, -0.2) is 4.98 Å². The van der Waals surface area contributed by atoms with Gasteiger partial charge < -0.3 is 10.2 Å². The van der Waals surface area contributed by atoms with Crippen LogP contribution in [0.2, 0.25) is 0 Å². The van der Waals surface area contributed by atoms with Crippen LogP contribution in [0.15, 0.2) is 12.1 Å². The Hall–Kier alpha value is -1.81. The van der Waals surface area contributed by atoms with Crippen LogP contribution in [0.1, 0.15) is 30.5 Å². The minimum atomic E-state index is -4.50. The summed E-state index contributed by atoms with van der Waals surface area (Å²) in [7, 11) is 0. The molecule has 1 aliphatic heterocycles. The minimum absolute atomic E-state index is 0.00810. The van der Waals surface area contributed by atoms with Gasteiger partial charge in [0, 0.05) is 6.54 Å². The molecule has 0 atom stereocenters. The van der Waals surface area contributed by atoms with E-state index < -0.39 is 11.9 Å². The number of nitrogens with zero attached hydrogens (tertiary/aromatic N) is 3. The number of likely N-dealkylation sites (tertiary alicyclic amines) is 1. The molecular weight excluding hydrogens is 281 g/mol. The van der Waals surface area contributed by atoms with Crippen molar-refractivity contribution in [3.05, 3.63) is 23.4 Å². The summed E-state index contributed by atoms with van der Waals surface area (Å²) in [5, 5.41) is 11.8. The summed E-state index contributed by atoms with van der Waals surface area (Å²) in [4.78, 5) is 5.84. The molecule has 21 heavy (non-hydrogen) atoms. The molecule has 1 fully saturated rings. The van der Waals surface area contributed by atoms with Crippen LogP contribution in [0.3, 0.4) is 0 Å². The maximum Gasteiger partial charge on any atom is 0.433 e. The topological polar surface area (TPSA) is 52.0 Å². The van der Waals surface area contributed by atoms with Crippen LogP contribution in [0, 0.1) is 11.3 Å². The van der Waals surface area contributed by atoms with Crippen LogP contribution in [0.4, 0.5) is 19.0 Å². The molecule has 1 aliphatic rings. The molecule has 4 nitrogen and oxygen atoms in total. The highest BCUT2D eigenvalue weighted by Gasteiger charge is 2.33. The smallest absolute Gasteiger partial charge is 0.369 e. The Labute approximate surface area is 121 Å². The van der Waals surface area contributed by atoms with Crippen LogP contribution in [0.25, 0.3) is 0 Å². The third-order valence-corrected chi connectivity index (χ3v) is 3.45. The number of aromatic nitrogens is 1. The molecule has 0 unspecified atom stereocenters. The molecule has 1 aromatic rings. The fourth-order valence-corrected chi connectivity index (χ4v) is 2.36. The minimum Gasteiger partial charge on any atom is -0.369 e. The number of nitriles is 1. The Morgan fingerprint density at radius 2 is 2.00 bits per heavy atom. The maximum atomic E-state index is 12.6. The number of pyridine rings is 1. The van der Waals surface area contributed by atoms with Crippen LogP contribution in [0.5, 0.6) is 0 Å². The van der Waals surface area contributed by atoms with Crippen molar-refractivity contribution in [2.45, 2.75) is 25.4 Å². The molecule has 1 saturated heterocycles. The van der Waals surface area contributed by atoms with Crippen molar-refractivity contribution in [1.29, 1.82) is 5.26 Å². The first-order chi connectivity index (χ1) is 10.0. The number of anilines is 1. The molecule has 0 bridgehead atoms. The van der Waals surface area contributed by atoms with Crippen molar-refractivity contribution in [3.8, 4) is 6.07 Å². The predicted molar refractivity (Wildman–Crippen MR) is 72.7 cm³/mol. The number of hydrogen-bond donors (Lipinski definition) is 1. The molecular formula is C14H17F3N4. The normalized spacial score (nSPS) is 15.9. The largest absolute Gasteiger partial charge is 0.433 e. The van der Waals surface area contributed by atoms with E-state index in [2.05, 4.69) is 15.2 Å². The average Bonchev–Trinajstić information content (AvgIpc) is 2.95. The second-order valence-electron chi connectivity index (χ2n) is 5.03. The van der Waals surface area contributed by atoms with Crippen molar-refractivity contribution in [2.24, 2.45) is 0 Å². The second-order valence-corrected chi connectivity index (χ2v) is 5.03. The van der Waals surface area contributed by atoms with Crippen molar-refractivity contribution in [3.63, 3.8) is 0 Å². The first-order valence-corrected chi connectivity index (χ1v) is 6.95. The van der Waals surface area contributed by atoms with Crippen molar-refractivity contribution >= 4 is 5.82 Å². The molecule has 0 amide bonds. The summed E-state index contributed by atoms with van der Waals surface area (Å²) in [6, 6.07) is 3.83. The Morgan fingerprint density at radius 3 is 2.62 bits per heavy atom. The highest BCUT2D eigenvalue weighted by atomic mass is 19.4. The van der Waals surface area contributed by atoms with E-state index in [0.717, 1.165) is 38.2 Å². The van der Waals surface area contributed by atoms with E-state index in [1.807, 2.05) is 6.07 Å². The van der Waals surface area contributed by atoms with Gasteiger partial charge in [-0.1, -0.05) is 0 Å². The highest BCUT2D eigenvalue weighted by Crippen LogP contribution is 2.29. The van der Waals surface area contributed by atoms with E-state index in [-0.39, 0.29) is 11.4 Å². The van der Waals surface area contributed by atoms with Crippen LogP contribution >= 0.6 is 0 Å². The molecule has 0 saturated carbocycles. The average molecular weight is 298 g/mol. The van der Waals surface area contributed by atoms with Gasteiger partial charge in [-0.2, -0.15) is 18.4 Å². The predicted octanol–water partition coefficient (Wildman–Crippen LogP) is 2.87. The summed E-state index contributed by atoms with van der Waals surface area (Å²) in [6.45, 7) is 3.59. The summed E-state index contributed by atoms with van der Waals surface area (Å²) in [5.74, 6) is 0.00810. The fraction of sp³-hybridized carbons (Fsp3) is 0.571. The zero-order valence-corrected chi connectivity index (χ0v) is 11.6. The highest BCUT2D eigenvalue weighted by molar-refractivity contribution is 5.52. The van der Waals surface area contributed by atoms with Crippen molar-refractivity contribution < 1.29 is 13.2 Å². The molecule has 0 aliphatic carbocycles. The molecule has 0 spiro atoms. The van der Waals surface area contributed by atoms with Crippen LogP contribution in [-0.4, -0.2) is 36.1 Å². The third-order valence-electron chi connectivity index (χ3n) is 3.45. The third kappa shape index (κ3) is 4.33. The molecule has 1 N–H and O–H groups in total. The Morgan fingerprint density at radius 1 is 1.29 bits per heavy atom. The first kappa shape index (κ1) is 15.6. The van der Waals surface area contributed by atoms with E-state index >= 15 is 0 Å². The standard InChI is InChI=1S/C14H17F3N4/c15-14(16,17)12-5-4-11(10-18)13(20-12)19-6-3-9-21-7-1-2-8-21/h4-5H,1-3,6-9H2,(H,19,20). The Balaban J connectivity index is 1.92. The lowest BCUT2D eigenvalue weighted by molar-refractivity contribution is -0.141. The van der Waals surface area contributed by atoms with Gasteiger partial charge in [-0.3, -0.25) is 0 Å². The number of alkyl halides is 3. The maximum absolute atomic E-state index is 12.6. The van der Waals surface area contributed by atoms with Crippen LogP contribution in [-0.2, 0) is 6.18 Å². The number of hydrogen-bond acceptors (Lipinski definition) is 4. The number of rotatable bonds is 5. The molecule has 1 aromatic heterocycles. The van der Waals surface area contributed by atoms with E-state index in [1.165, 1.54) is 12.8 Å². The molecule has 7 heteroatoms. The number of halogens is 3. The zero-order valence-electron chi connectivity index (χ0n) is 11.6.